The molecule has 0 aliphatic rings. The quantitative estimate of drug-likeness (QED) is 0.666. The molecule has 3 aromatic rings. The molecule has 0 amide bonds. The summed E-state index contributed by atoms with van der Waals surface area (Å²) >= 11 is 1.68. The molecular weight excluding hydrogens is 322 g/mol. The van der Waals surface area contributed by atoms with Crippen LogP contribution in [0.5, 0.6) is 0 Å². The van der Waals surface area contributed by atoms with E-state index in [0.717, 1.165) is 34.6 Å². The Morgan fingerprint density at radius 2 is 2.00 bits per heavy atom. The Balaban J connectivity index is 1.79. The van der Waals surface area contributed by atoms with E-state index in [1.54, 1.807) is 29.8 Å². The fraction of sp³-hybridized carbons (Fsp3) is 0.278. The van der Waals surface area contributed by atoms with Crippen LogP contribution in [0.3, 0.4) is 0 Å². The lowest BCUT2D eigenvalue weighted by Gasteiger charge is -2.07. The van der Waals surface area contributed by atoms with Crippen LogP contribution < -0.4 is 5.32 Å². The van der Waals surface area contributed by atoms with Crippen molar-refractivity contribution >= 4 is 39.0 Å². The van der Waals surface area contributed by atoms with E-state index >= 15 is 0 Å². The molecule has 1 aromatic carbocycles. The molecule has 5 nitrogen and oxygen atoms in total. The van der Waals surface area contributed by atoms with Crippen LogP contribution in [0.4, 0.5) is 11.5 Å². The molecule has 2 heterocycles. The van der Waals surface area contributed by atoms with Gasteiger partial charge in [-0.15, -0.1) is 11.3 Å². The molecule has 0 spiro atoms. The molecule has 0 aliphatic carbocycles. The smallest absolute Gasteiger partial charge is 0.338 e. The lowest BCUT2D eigenvalue weighted by molar-refractivity contribution is 0.0505. The van der Waals surface area contributed by atoms with Crippen LogP contribution in [-0.4, -0.2) is 22.5 Å². The Kier molecular flexibility index (Phi) is 5.05. The number of aromatic nitrogens is 2. The first-order valence-electron chi connectivity index (χ1n) is 7.99. The van der Waals surface area contributed by atoms with Crippen LogP contribution in [0.25, 0.3) is 10.2 Å². The number of fused-ring (bicyclic) bond motifs is 1. The number of carbonyl (C=O) groups is 1. The van der Waals surface area contributed by atoms with Crippen molar-refractivity contribution in [2.24, 2.45) is 0 Å². The SMILES string of the molecule is CCCOC(=O)c1ccc(Nc2ncnc3sc(CC)cc23)cc1. The van der Waals surface area contributed by atoms with Gasteiger partial charge in [-0.2, -0.15) is 0 Å². The highest BCUT2D eigenvalue weighted by molar-refractivity contribution is 7.18. The van der Waals surface area contributed by atoms with Gasteiger partial charge in [-0.05, 0) is 43.2 Å². The highest BCUT2D eigenvalue weighted by Crippen LogP contribution is 2.30. The number of nitrogens with zero attached hydrogens (tertiary/aromatic N) is 2. The molecule has 6 heteroatoms. The van der Waals surface area contributed by atoms with E-state index in [0.29, 0.717) is 12.2 Å². The van der Waals surface area contributed by atoms with Crippen LogP contribution in [0.2, 0.25) is 0 Å². The Morgan fingerprint density at radius 3 is 2.71 bits per heavy atom. The number of ether oxygens (including phenoxy) is 1. The van der Waals surface area contributed by atoms with E-state index < -0.39 is 0 Å². The van der Waals surface area contributed by atoms with Crippen molar-refractivity contribution in [2.75, 3.05) is 11.9 Å². The Bertz CT molecular complexity index is 843. The lowest BCUT2D eigenvalue weighted by atomic mass is 10.2. The molecule has 0 unspecified atom stereocenters. The molecule has 0 bridgehead atoms. The standard InChI is InChI=1S/C18H19N3O2S/c1-3-9-23-18(22)12-5-7-13(8-6-12)21-16-15-10-14(4-2)24-17(15)20-11-19-16/h5-8,10-11H,3-4,9H2,1-2H3,(H,19,20,21). The summed E-state index contributed by atoms with van der Waals surface area (Å²) in [5.74, 6) is 0.482. The lowest BCUT2D eigenvalue weighted by Crippen LogP contribution is -2.05. The van der Waals surface area contributed by atoms with E-state index in [9.17, 15) is 4.79 Å². The zero-order valence-corrected chi connectivity index (χ0v) is 14.5. The monoisotopic (exact) mass is 341 g/mol. The van der Waals surface area contributed by atoms with Crippen LogP contribution in [-0.2, 0) is 11.2 Å². The van der Waals surface area contributed by atoms with E-state index in [4.69, 9.17) is 4.74 Å². The third-order valence-corrected chi connectivity index (χ3v) is 4.74. The summed E-state index contributed by atoms with van der Waals surface area (Å²) in [6.07, 6.45) is 3.36. The van der Waals surface area contributed by atoms with Crippen molar-refractivity contribution < 1.29 is 9.53 Å². The fourth-order valence-electron chi connectivity index (χ4n) is 2.28. The third-order valence-electron chi connectivity index (χ3n) is 3.55. The Labute approximate surface area is 144 Å². The molecule has 0 atom stereocenters. The maximum absolute atomic E-state index is 11.8. The van der Waals surface area contributed by atoms with Gasteiger partial charge in [-0.3, -0.25) is 0 Å². The highest BCUT2D eigenvalue weighted by Gasteiger charge is 2.10. The molecule has 124 valence electrons. The summed E-state index contributed by atoms with van der Waals surface area (Å²) in [5, 5.41) is 4.32. The fourth-order valence-corrected chi connectivity index (χ4v) is 3.22. The van der Waals surface area contributed by atoms with Crippen LogP contribution in [0.15, 0.2) is 36.7 Å². The number of rotatable bonds is 6. The van der Waals surface area contributed by atoms with Gasteiger partial charge in [0.1, 0.15) is 17.0 Å². The summed E-state index contributed by atoms with van der Waals surface area (Å²) in [7, 11) is 0. The molecule has 0 fully saturated rings. The minimum absolute atomic E-state index is 0.293. The number of hydrogen-bond acceptors (Lipinski definition) is 6. The molecule has 0 saturated carbocycles. The van der Waals surface area contributed by atoms with Gasteiger partial charge in [0.15, 0.2) is 0 Å². The Hall–Kier alpha value is -2.47. The van der Waals surface area contributed by atoms with Gasteiger partial charge in [-0.25, -0.2) is 14.8 Å². The van der Waals surface area contributed by atoms with Gasteiger partial charge in [0.25, 0.3) is 0 Å². The predicted molar refractivity (Wildman–Crippen MR) is 97.1 cm³/mol. The molecule has 3 rings (SSSR count). The number of esters is 1. The first kappa shape index (κ1) is 16.4. The van der Waals surface area contributed by atoms with E-state index in [1.807, 2.05) is 19.1 Å². The second kappa shape index (κ2) is 7.40. The summed E-state index contributed by atoms with van der Waals surface area (Å²) in [5.41, 5.74) is 1.41. The zero-order chi connectivity index (χ0) is 16.9. The summed E-state index contributed by atoms with van der Waals surface area (Å²) < 4.78 is 5.13. The number of hydrogen-bond donors (Lipinski definition) is 1. The van der Waals surface area contributed by atoms with Gasteiger partial charge in [-0.1, -0.05) is 13.8 Å². The molecule has 2 aromatic heterocycles. The normalized spacial score (nSPS) is 10.8. The average molecular weight is 341 g/mol. The number of nitrogens with one attached hydrogen (secondary N) is 1. The molecule has 0 saturated heterocycles. The summed E-state index contributed by atoms with van der Waals surface area (Å²) in [4.78, 5) is 22.7. The van der Waals surface area contributed by atoms with Crippen molar-refractivity contribution in [3.63, 3.8) is 0 Å². The molecule has 1 N–H and O–H groups in total. The van der Waals surface area contributed by atoms with Gasteiger partial charge < -0.3 is 10.1 Å². The largest absolute Gasteiger partial charge is 0.462 e. The minimum Gasteiger partial charge on any atom is -0.462 e. The third kappa shape index (κ3) is 3.54. The second-order valence-electron chi connectivity index (χ2n) is 5.35. The Morgan fingerprint density at radius 1 is 1.21 bits per heavy atom. The van der Waals surface area contributed by atoms with Crippen LogP contribution in [0.1, 0.15) is 35.5 Å². The first-order chi connectivity index (χ1) is 11.7. The van der Waals surface area contributed by atoms with Crippen molar-refractivity contribution in [3.8, 4) is 0 Å². The van der Waals surface area contributed by atoms with Gasteiger partial charge in [0.05, 0.1) is 17.6 Å². The van der Waals surface area contributed by atoms with Gasteiger partial charge in [0.2, 0.25) is 0 Å². The van der Waals surface area contributed by atoms with Crippen molar-refractivity contribution in [1.82, 2.24) is 9.97 Å². The van der Waals surface area contributed by atoms with Crippen molar-refractivity contribution in [1.29, 1.82) is 0 Å². The molecule has 0 radical (unpaired) electrons. The van der Waals surface area contributed by atoms with Crippen LogP contribution in [0, 0.1) is 0 Å². The molecule has 24 heavy (non-hydrogen) atoms. The number of thiophene rings is 1. The molecule has 0 aliphatic heterocycles. The van der Waals surface area contributed by atoms with Crippen molar-refractivity contribution in [3.05, 3.63) is 47.1 Å². The second-order valence-corrected chi connectivity index (χ2v) is 6.46. The van der Waals surface area contributed by atoms with E-state index in [2.05, 4.69) is 28.3 Å². The molecular formula is C18H19N3O2S. The van der Waals surface area contributed by atoms with E-state index in [-0.39, 0.29) is 5.97 Å². The van der Waals surface area contributed by atoms with E-state index in [1.165, 1.54) is 4.88 Å². The minimum atomic E-state index is -0.293. The predicted octanol–water partition coefficient (Wildman–Crippen LogP) is 4.56. The highest BCUT2D eigenvalue weighted by atomic mass is 32.1. The van der Waals surface area contributed by atoms with Gasteiger partial charge in [0, 0.05) is 10.6 Å². The maximum atomic E-state index is 11.8. The number of benzene rings is 1. The van der Waals surface area contributed by atoms with Gasteiger partial charge >= 0.3 is 5.97 Å². The number of aryl methyl sites for hydroxylation is 1. The summed E-state index contributed by atoms with van der Waals surface area (Å²) in [6, 6.07) is 9.33. The first-order valence-corrected chi connectivity index (χ1v) is 8.80. The average Bonchev–Trinajstić information content (AvgIpc) is 3.05. The maximum Gasteiger partial charge on any atom is 0.338 e. The number of carbonyl (C=O) groups excluding carboxylic acids is 1. The zero-order valence-electron chi connectivity index (χ0n) is 13.7. The topological polar surface area (TPSA) is 64.1 Å². The summed E-state index contributed by atoms with van der Waals surface area (Å²) in [6.45, 7) is 4.54. The van der Waals surface area contributed by atoms with Crippen molar-refractivity contribution in [2.45, 2.75) is 26.7 Å². The number of anilines is 2. The van der Waals surface area contributed by atoms with Crippen LogP contribution >= 0.6 is 11.3 Å².